The summed E-state index contributed by atoms with van der Waals surface area (Å²) in [6.07, 6.45) is 3.51. The summed E-state index contributed by atoms with van der Waals surface area (Å²) in [6.45, 7) is 5.47. The van der Waals surface area contributed by atoms with E-state index in [4.69, 9.17) is 0 Å². The summed E-state index contributed by atoms with van der Waals surface area (Å²) in [5.74, 6) is 0. The highest BCUT2D eigenvalue weighted by Crippen LogP contribution is 2.24. The molecule has 2 heteroatoms. The van der Waals surface area contributed by atoms with Crippen molar-refractivity contribution in [3.63, 3.8) is 0 Å². The van der Waals surface area contributed by atoms with Gasteiger partial charge in [-0.15, -0.1) is 0 Å². The molecule has 2 aromatic rings. The van der Waals surface area contributed by atoms with Gasteiger partial charge in [0.05, 0.1) is 6.04 Å². The van der Waals surface area contributed by atoms with Gasteiger partial charge in [0.2, 0.25) is 0 Å². The van der Waals surface area contributed by atoms with Gasteiger partial charge in [0, 0.05) is 3.57 Å². The number of rotatable bonds is 7. The molecule has 0 aliphatic heterocycles. The molecule has 0 aromatic heterocycles. The van der Waals surface area contributed by atoms with E-state index < -0.39 is 0 Å². The summed E-state index contributed by atoms with van der Waals surface area (Å²) in [4.78, 5) is 0. The smallest absolute Gasteiger partial charge is 0.0577 e. The van der Waals surface area contributed by atoms with Crippen LogP contribution in [0.25, 0.3) is 0 Å². The van der Waals surface area contributed by atoms with E-state index in [1.54, 1.807) is 0 Å². The minimum absolute atomic E-state index is 0.287. The van der Waals surface area contributed by atoms with E-state index in [0.29, 0.717) is 0 Å². The van der Waals surface area contributed by atoms with Gasteiger partial charge in [0.15, 0.2) is 0 Å². The van der Waals surface area contributed by atoms with Crippen LogP contribution in [0.1, 0.15) is 49.4 Å². The maximum atomic E-state index is 3.68. The lowest BCUT2D eigenvalue weighted by Gasteiger charge is -2.20. The van der Waals surface area contributed by atoms with Crippen molar-refractivity contribution >= 4 is 22.6 Å². The van der Waals surface area contributed by atoms with Crippen LogP contribution in [-0.2, 0) is 6.42 Å². The summed E-state index contributed by atoms with van der Waals surface area (Å²) in [7, 11) is 0. The quantitative estimate of drug-likeness (QED) is 0.627. The maximum Gasteiger partial charge on any atom is 0.0577 e. The maximum absolute atomic E-state index is 3.68. The fourth-order valence-electron chi connectivity index (χ4n) is 2.57. The van der Waals surface area contributed by atoms with Crippen LogP contribution in [0.3, 0.4) is 0 Å². The molecule has 0 heterocycles. The molecular formula is C19H24IN. The number of halogens is 1. The van der Waals surface area contributed by atoms with Gasteiger partial charge in [-0.3, -0.25) is 0 Å². The third-order valence-corrected chi connectivity index (χ3v) is 4.30. The molecule has 1 N–H and O–H groups in total. The summed E-state index contributed by atoms with van der Waals surface area (Å²) >= 11 is 2.38. The number of nitrogens with one attached hydrogen (secondary N) is 1. The Morgan fingerprint density at radius 1 is 0.952 bits per heavy atom. The molecule has 1 unspecified atom stereocenters. The zero-order chi connectivity index (χ0) is 15.1. The van der Waals surface area contributed by atoms with E-state index in [2.05, 4.69) is 90.3 Å². The molecule has 112 valence electrons. The summed E-state index contributed by atoms with van der Waals surface area (Å²) in [5, 5.41) is 3.68. The average molecular weight is 393 g/mol. The van der Waals surface area contributed by atoms with Crippen molar-refractivity contribution < 1.29 is 0 Å². The lowest BCUT2D eigenvalue weighted by Crippen LogP contribution is -2.23. The van der Waals surface area contributed by atoms with E-state index in [1.165, 1.54) is 26.7 Å². The Balaban J connectivity index is 2.26. The molecule has 0 radical (unpaired) electrons. The highest BCUT2D eigenvalue weighted by molar-refractivity contribution is 14.1. The zero-order valence-electron chi connectivity index (χ0n) is 12.9. The SMILES string of the molecule is CCCNC(c1ccc(CCC)cc1)c1cccc(I)c1. The largest absolute Gasteiger partial charge is 0.306 e. The predicted molar refractivity (Wildman–Crippen MR) is 99.7 cm³/mol. The number of benzene rings is 2. The van der Waals surface area contributed by atoms with Crippen molar-refractivity contribution in [1.82, 2.24) is 5.32 Å². The highest BCUT2D eigenvalue weighted by Gasteiger charge is 2.13. The highest BCUT2D eigenvalue weighted by atomic mass is 127. The molecule has 0 saturated carbocycles. The minimum atomic E-state index is 0.287. The van der Waals surface area contributed by atoms with Crippen LogP contribution in [0.15, 0.2) is 48.5 Å². The van der Waals surface area contributed by atoms with Gasteiger partial charge in [-0.05, 0) is 70.8 Å². The molecule has 2 rings (SSSR count). The normalized spacial score (nSPS) is 12.3. The Bertz CT molecular complexity index is 548. The van der Waals surface area contributed by atoms with Gasteiger partial charge in [-0.25, -0.2) is 0 Å². The lowest BCUT2D eigenvalue weighted by molar-refractivity contribution is 0.598. The summed E-state index contributed by atoms with van der Waals surface area (Å²) in [5.41, 5.74) is 4.13. The lowest BCUT2D eigenvalue weighted by atomic mass is 9.97. The second-order valence-corrected chi connectivity index (χ2v) is 6.68. The van der Waals surface area contributed by atoms with E-state index in [0.717, 1.165) is 19.4 Å². The molecule has 0 fully saturated rings. The van der Waals surface area contributed by atoms with Crippen molar-refractivity contribution in [1.29, 1.82) is 0 Å². The van der Waals surface area contributed by atoms with Crippen LogP contribution in [0, 0.1) is 3.57 Å². The number of hydrogen-bond donors (Lipinski definition) is 1. The first-order valence-corrected chi connectivity index (χ1v) is 8.90. The third kappa shape index (κ3) is 4.82. The van der Waals surface area contributed by atoms with Crippen molar-refractivity contribution in [2.24, 2.45) is 0 Å². The molecule has 1 nitrogen and oxygen atoms in total. The fraction of sp³-hybridized carbons (Fsp3) is 0.368. The van der Waals surface area contributed by atoms with Gasteiger partial charge < -0.3 is 5.32 Å². The van der Waals surface area contributed by atoms with Crippen LogP contribution < -0.4 is 5.32 Å². The Kier molecular flexibility index (Phi) is 6.71. The van der Waals surface area contributed by atoms with Crippen LogP contribution in [0.2, 0.25) is 0 Å². The van der Waals surface area contributed by atoms with E-state index in [-0.39, 0.29) is 6.04 Å². The molecule has 21 heavy (non-hydrogen) atoms. The molecular weight excluding hydrogens is 369 g/mol. The van der Waals surface area contributed by atoms with Gasteiger partial charge in [0.1, 0.15) is 0 Å². The summed E-state index contributed by atoms with van der Waals surface area (Å²) < 4.78 is 1.29. The van der Waals surface area contributed by atoms with Crippen molar-refractivity contribution in [3.05, 3.63) is 68.8 Å². The van der Waals surface area contributed by atoms with Crippen molar-refractivity contribution in [2.45, 2.75) is 39.2 Å². The second-order valence-electron chi connectivity index (χ2n) is 5.43. The Morgan fingerprint density at radius 3 is 2.33 bits per heavy atom. The average Bonchev–Trinajstić information content (AvgIpc) is 2.50. The van der Waals surface area contributed by atoms with E-state index >= 15 is 0 Å². The first kappa shape index (κ1) is 16.5. The molecule has 0 spiro atoms. The van der Waals surface area contributed by atoms with Crippen LogP contribution in [-0.4, -0.2) is 6.54 Å². The zero-order valence-corrected chi connectivity index (χ0v) is 15.1. The molecule has 1 atom stereocenters. The van der Waals surface area contributed by atoms with E-state index in [1.807, 2.05) is 0 Å². The molecule has 0 aliphatic carbocycles. The summed E-state index contributed by atoms with van der Waals surface area (Å²) in [6, 6.07) is 18.2. The van der Waals surface area contributed by atoms with Crippen LogP contribution >= 0.6 is 22.6 Å². The topological polar surface area (TPSA) is 12.0 Å². The molecule has 2 aromatic carbocycles. The Morgan fingerprint density at radius 2 is 1.71 bits per heavy atom. The first-order chi connectivity index (χ1) is 10.2. The Labute approximate surface area is 142 Å². The molecule has 0 aliphatic rings. The van der Waals surface area contributed by atoms with E-state index in [9.17, 15) is 0 Å². The number of aryl methyl sites for hydroxylation is 1. The Hall–Kier alpha value is -0.870. The minimum Gasteiger partial charge on any atom is -0.306 e. The van der Waals surface area contributed by atoms with Gasteiger partial charge in [-0.1, -0.05) is 56.7 Å². The van der Waals surface area contributed by atoms with Crippen LogP contribution in [0.4, 0.5) is 0 Å². The third-order valence-electron chi connectivity index (χ3n) is 3.63. The van der Waals surface area contributed by atoms with Crippen LogP contribution in [0.5, 0.6) is 0 Å². The predicted octanol–water partition coefficient (Wildman–Crippen LogP) is 5.33. The second kappa shape index (κ2) is 8.54. The molecule has 0 amide bonds. The molecule has 0 bridgehead atoms. The monoisotopic (exact) mass is 393 g/mol. The standard InChI is InChI=1S/C19H24IN/c1-3-6-15-9-11-16(12-10-15)19(21-13-4-2)17-7-5-8-18(20)14-17/h5,7-12,14,19,21H,3-4,6,13H2,1-2H3. The van der Waals surface area contributed by atoms with Gasteiger partial charge in [-0.2, -0.15) is 0 Å². The van der Waals surface area contributed by atoms with Crippen molar-refractivity contribution in [3.8, 4) is 0 Å². The van der Waals surface area contributed by atoms with Gasteiger partial charge in [0.25, 0.3) is 0 Å². The first-order valence-electron chi connectivity index (χ1n) is 7.82. The van der Waals surface area contributed by atoms with Crippen molar-refractivity contribution in [2.75, 3.05) is 6.54 Å². The van der Waals surface area contributed by atoms with Gasteiger partial charge >= 0.3 is 0 Å². The number of hydrogen-bond acceptors (Lipinski definition) is 1. The molecule has 0 saturated heterocycles. The fourth-order valence-corrected chi connectivity index (χ4v) is 3.14.